The quantitative estimate of drug-likeness (QED) is 0.698. The molecule has 0 saturated carbocycles. The molecule has 148 valence electrons. The molecule has 1 aliphatic rings. The average molecular weight is 404 g/mol. The largest absolute Gasteiger partial charge is 0.445 e. The number of nitrogens with one attached hydrogen (secondary N) is 1. The van der Waals surface area contributed by atoms with Crippen LogP contribution in [0.1, 0.15) is 37.1 Å². The summed E-state index contributed by atoms with van der Waals surface area (Å²) in [6.07, 6.45) is 0.441. The fourth-order valence-electron chi connectivity index (χ4n) is 3.24. The van der Waals surface area contributed by atoms with E-state index in [4.69, 9.17) is 4.42 Å². The maximum absolute atomic E-state index is 13.1. The van der Waals surface area contributed by atoms with Crippen LogP contribution < -0.4 is 11.2 Å². The molecule has 0 spiro atoms. The van der Waals surface area contributed by atoms with E-state index in [0.29, 0.717) is 23.5 Å². The Hall–Kier alpha value is -2.72. The first kappa shape index (κ1) is 18.6. The van der Waals surface area contributed by atoms with Crippen molar-refractivity contribution < 1.29 is 12.8 Å². The smallest absolute Gasteiger partial charge is 0.328 e. The number of nitrogens with zero attached hydrogens (tertiary/aromatic N) is 3. The summed E-state index contributed by atoms with van der Waals surface area (Å²) in [5.74, 6) is 1.44. The van der Waals surface area contributed by atoms with Crippen LogP contribution in [0.5, 0.6) is 0 Å². The first-order valence-electron chi connectivity index (χ1n) is 8.90. The maximum atomic E-state index is 13.1. The molecule has 0 fully saturated rings. The molecule has 4 rings (SSSR count). The Morgan fingerprint density at radius 3 is 2.71 bits per heavy atom. The molecule has 28 heavy (non-hydrogen) atoms. The van der Waals surface area contributed by atoms with Crippen molar-refractivity contribution >= 4 is 20.9 Å². The van der Waals surface area contributed by atoms with E-state index >= 15 is 0 Å². The fourth-order valence-corrected chi connectivity index (χ4v) is 4.67. The van der Waals surface area contributed by atoms with Gasteiger partial charge in [0.25, 0.3) is 5.56 Å². The van der Waals surface area contributed by atoms with Gasteiger partial charge in [0.2, 0.25) is 10.0 Å². The predicted octanol–water partition coefficient (Wildman–Crippen LogP) is 1.09. The van der Waals surface area contributed by atoms with E-state index in [9.17, 15) is 18.0 Å². The molecule has 0 saturated heterocycles. The Bertz CT molecular complexity index is 1300. The zero-order valence-electron chi connectivity index (χ0n) is 15.7. The second-order valence-corrected chi connectivity index (χ2v) is 9.10. The summed E-state index contributed by atoms with van der Waals surface area (Å²) in [6.45, 7) is 4.32. The summed E-state index contributed by atoms with van der Waals surface area (Å²) in [7, 11) is -2.50. The molecule has 0 atom stereocenters. The Balaban J connectivity index is 1.74. The van der Waals surface area contributed by atoms with Gasteiger partial charge in [-0.05, 0) is 18.2 Å². The molecule has 10 heteroatoms. The zero-order chi connectivity index (χ0) is 20.2. The van der Waals surface area contributed by atoms with Crippen molar-refractivity contribution in [1.29, 1.82) is 0 Å². The number of hydrogen-bond acceptors (Lipinski definition) is 6. The number of hydrogen-bond donors (Lipinski definition) is 1. The molecule has 3 heterocycles. The summed E-state index contributed by atoms with van der Waals surface area (Å²) in [5, 5.41) is 0.143. The van der Waals surface area contributed by atoms with Crippen molar-refractivity contribution in [3.63, 3.8) is 0 Å². The molecule has 0 radical (unpaired) electrons. The van der Waals surface area contributed by atoms with Crippen molar-refractivity contribution in [3.8, 4) is 0 Å². The first-order chi connectivity index (χ1) is 13.2. The van der Waals surface area contributed by atoms with E-state index in [0.717, 1.165) is 10.3 Å². The number of rotatable bonds is 3. The minimum absolute atomic E-state index is 0.000164. The summed E-state index contributed by atoms with van der Waals surface area (Å²) in [6, 6.07) is 4.14. The van der Waals surface area contributed by atoms with Crippen molar-refractivity contribution in [2.75, 3.05) is 6.54 Å². The second kappa shape index (κ2) is 6.42. The summed E-state index contributed by atoms with van der Waals surface area (Å²) < 4.78 is 34.2. The molecule has 1 N–H and O–H groups in total. The van der Waals surface area contributed by atoms with Crippen molar-refractivity contribution in [2.24, 2.45) is 7.05 Å². The number of sulfonamides is 1. The zero-order valence-corrected chi connectivity index (χ0v) is 16.5. The molecule has 9 nitrogen and oxygen atoms in total. The fraction of sp³-hybridized carbons (Fsp3) is 0.389. The third-order valence-electron chi connectivity index (χ3n) is 4.91. The van der Waals surface area contributed by atoms with Crippen molar-refractivity contribution in [1.82, 2.24) is 18.8 Å². The number of aromatic amines is 1. The highest BCUT2D eigenvalue weighted by atomic mass is 32.2. The number of fused-ring (bicyclic) bond motifs is 2. The summed E-state index contributed by atoms with van der Waals surface area (Å²) >= 11 is 0. The Labute approximate surface area is 160 Å². The minimum atomic E-state index is -3.84. The van der Waals surface area contributed by atoms with Crippen LogP contribution in [0.2, 0.25) is 0 Å². The van der Waals surface area contributed by atoms with E-state index in [1.54, 1.807) is 0 Å². The van der Waals surface area contributed by atoms with Crippen LogP contribution in [0.25, 0.3) is 10.9 Å². The van der Waals surface area contributed by atoms with E-state index < -0.39 is 21.3 Å². The second-order valence-electron chi connectivity index (χ2n) is 7.17. The Morgan fingerprint density at radius 2 is 2.00 bits per heavy atom. The van der Waals surface area contributed by atoms with Crippen LogP contribution in [-0.2, 0) is 30.0 Å². The lowest BCUT2D eigenvalue weighted by molar-refractivity contribution is 0.354. The molecule has 0 unspecified atom stereocenters. The van der Waals surface area contributed by atoms with E-state index in [2.05, 4.69) is 9.97 Å². The normalized spacial score (nSPS) is 15.3. The van der Waals surface area contributed by atoms with Gasteiger partial charge in [-0.25, -0.2) is 18.2 Å². The van der Waals surface area contributed by atoms with Gasteiger partial charge in [-0.1, -0.05) is 13.8 Å². The van der Waals surface area contributed by atoms with Crippen LogP contribution in [-0.4, -0.2) is 33.8 Å². The van der Waals surface area contributed by atoms with Gasteiger partial charge in [-0.3, -0.25) is 9.36 Å². The molecular weight excluding hydrogens is 384 g/mol. The van der Waals surface area contributed by atoms with Gasteiger partial charge in [0, 0.05) is 25.9 Å². The topological polar surface area (TPSA) is 118 Å². The molecule has 3 aromatic rings. The molecule has 0 amide bonds. The number of H-pyrrole nitrogens is 1. The van der Waals surface area contributed by atoms with E-state index in [1.165, 1.54) is 29.6 Å². The average Bonchev–Trinajstić information content (AvgIpc) is 3.09. The Morgan fingerprint density at radius 1 is 1.25 bits per heavy atom. The van der Waals surface area contributed by atoms with Crippen LogP contribution in [0, 0.1) is 0 Å². The lowest BCUT2D eigenvalue weighted by Gasteiger charge is -2.24. The van der Waals surface area contributed by atoms with Crippen LogP contribution >= 0.6 is 0 Å². The highest BCUT2D eigenvalue weighted by molar-refractivity contribution is 7.89. The summed E-state index contributed by atoms with van der Waals surface area (Å²) in [5.41, 5.74) is -0.177. The molecule has 0 bridgehead atoms. The predicted molar refractivity (Wildman–Crippen MR) is 102 cm³/mol. The highest BCUT2D eigenvalue weighted by Crippen LogP contribution is 2.28. The minimum Gasteiger partial charge on any atom is -0.445 e. The van der Waals surface area contributed by atoms with Crippen LogP contribution in [0.4, 0.5) is 0 Å². The third-order valence-corrected chi connectivity index (χ3v) is 6.75. The number of benzene rings is 1. The first-order valence-corrected chi connectivity index (χ1v) is 10.3. The van der Waals surface area contributed by atoms with E-state index in [1.807, 2.05) is 13.8 Å². The number of aromatic nitrogens is 3. The van der Waals surface area contributed by atoms with Crippen molar-refractivity contribution in [2.45, 2.75) is 37.6 Å². The van der Waals surface area contributed by atoms with Crippen LogP contribution in [0.3, 0.4) is 0 Å². The SMILES string of the molecule is CC(C)c1nc2c(o1)CCN(S(=O)(=O)c1ccc3[nH]c(=O)n(C)c(=O)c3c1)C2. The summed E-state index contributed by atoms with van der Waals surface area (Å²) in [4.78, 5) is 31.0. The Kier molecular flexibility index (Phi) is 4.27. The lowest BCUT2D eigenvalue weighted by atomic mass is 10.2. The van der Waals surface area contributed by atoms with Gasteiger partial charge in [0.05, 0.1) is 28.0 Å². The van der Waals surface area contributed by atoms with Gasteiger partial charge in [0.1, 0.15) is 5.76 Å². The highest BCUT2D eigenvalue weighted by Gasteiger charge is 2.32. The maximum Gasteiger partial charge on any atom is 0.328 e. The van der Waals surface area contributed by atoms with Gasteiger partial charge < -0.3 is 9.40 Å². The van der Waals surface area contributed by atoms with Gasteiger partial charge >= 0.3 is 5.69 Å². The van der Waals surface area contributed by atoms with Gasteiger partial charge in [-0.2, -0.15) is 4.31 Å². The van der Waals surface area contributed by atoms with E-state index in [-0.39, 0.29) is 29.3 Å². The standard InChI is InChI=1S/C18H20N4O5S/c1-10(2)16-19-14-9-22(7-6-15(14)27-16)28(25,26)11-4-5-13-12(8-11)17(23)21(3)18(24)20-13/h4-5,8,10H,6-7,9H2,1-3H3,(H,20,24). The van der Waals surface area contributed by atoms with Gasteiger partial charge in [-0.15, -0.1) is 0 Å². The van der Waals surface area contributed by atoms with Crippen molar-refractivity contribution in [3.05, 3.63) is 56.4 Å². The van der Waals surface area contributed by atoms with Crippen LogP contribution in [0.15, 0.2) is 37.1 Å². The molecule has 1 aromatic carbocycles. The molecule has 0 aliphatic carbocycles. The number of oxazole rings is 1. The van der Waals surface area contributed by atoms with Gasteiger partial charge in [0.15, 0.2) is 5.89 Å². The monoisotopic (exact) mass is 404 g/mol. The molecule has 1 aliphatic heterocycles. The third kappa shape index (κ3) is 2.89. The molecule has 2 aromatic heterocycles. The molecular formula is C18H20N4O5S. The lowest BCUT2D eigenvalue weighted by Crippen LogP contribution is -2.36.